The van der Waals surface area contributed by atoms with E-state index in [1.54, 1.807) is 0 Å². The van der Waals surface area contributed by atoms with Gasteiger partial charge in [-0.1, -0.05) is 111 Å². The molecule has 0 aliphatic rings. The highest BCUT2D eigenvalue weighted by Crippen LogP contribution is 2.40. The first-order chi connectivity index (χ1) is 23.2. The van der Waals surface area contributed by atoms with Crippen molar-refractivity contribution in [3.63, 3.8) is 0 Å². The zero-order chi connectivity index (χ0) is 31.2. The van der Waals surface area contributed by atoms with E-state index in [4.69, 9.17) is 0 Å². The number of para-hydroxylation sites is 2. The molecule has 0 bridgehead atoms. The summed E-state index contributed by atoms with van der Waals surface area (Å²) in [6, 6.07) is 56.3. The van der Waals surface area contributed by atoms with Crippen LogP contribution in [0.4, 0.5) is 0 Å². The molecule has 0 spiro atoms. The third-order valence-electron chi connectivity index (χ3n) is 10.3. The summed E-state index contributed by atoms with van der Waals surface area (Å²) in [4.78, 5) is 0. The van der Waals surface area contributed by atoms with Crippen LogP contribution >= 0.6 is 0 Å². The van der Waals surface area contributed by atoms with Crippen molar-refractivity contribution in [2.75, 3.05) is 0 Å². The van der Waals surface area contributed by atoms with Crippen LogP contribution in [-0.4, -0.2) is 9.13 Å². The minimum atomic E-state index is 0.482. The molecule has 2 heterocycles. The molecule has 10 rings (SSSR count). The Morgan fingerprint density at radius 1 is 0.319 bits per heavy atom. The smallest absolute Gasteiger partial charge is 0.0542 e. The van der Waals surface area contributed by atoms with Gasteiger partial charge in [-0.15, -0.1) is 0 Å². The zero-order valence-electron chi connectivity index (χ0n) is 26.4. The van der Waals surface area contributed by atoms with E-state index < -0.39 is 0 Å². The van der Waals surface area contributed by atoms with Gasteiger partial charge < -0.3 is 9.13 Å². The maximum absolute atomic E-state index is 2.44. The molecule has 0 fully saturated rings. The Labute approximate surface area is 272 Å². The molecule has 0 atom stereocenters. The highest BCUT2D eigenvalue weighted by atomic mass is 15.0. The van der Waals surface area contributed by atoms with E-state index in [1.807, 2.05) is 0 Å². The summed E-state index contributed by atoms with van der Waals surface area (Å²) in [6.45, 7) is 4.54. The van der Waals surface area contributed by atoms with Gasteiger partial charge in [-0.3, -0.25) is 0 Å². The first-order valence-electron chi connectivity index (χ1n) is 16.6. The summed E-state index contributed by atoms with van der Waals surface area (Å²) in [7, 11) is 0. The molecule has 8 aromatic carbocycles. The second-order valence-electron chi connectivity index (χ2n) is 13.2. The number of nitrogens with zero attached hydrogens (tertiary/aromatic N) is 2. The molecule has 2 aromatic heterocycles. The predicted molar refractivity (Wildman–Crippen MR) is 202 cm³/mol. The highest BCUT2D eigenvalue weighted by molar-refractivity contribution is 6.25. The number of rotatable bonds is 3. The van der Waals surface area contributed by atoms with Crippen molar-refractivity contribution in [1.82, 2.24) is 9.13 Å². The van der Waals surface area contributed by atoms with Crippen molar-refractivity contribution in [1.29, 1.82) is 0 Å². The van der Waals surface area contributed by atoms with Crippen LogP contribution in [0, 0.1) is 0 Å². The van der Waals surface area contributed by atoms with Gasteiger partial charge >= 0.3 is 0 Å². The second kappa shape index (κ2) is 9.82. The first-order valence-corrected chi connectivity index (χ1v) is 16.6. The van der Waals surface area contributed by atoms with Gasteiger partial charge in [0.1, 0.15) is 0 Å². The molecule has 222 valence electrons. The quantitative estimate of drug-likeness (QED) is 0.179. The Morgan fingerprint density at radius 3 is 1.26 bits per heavy atom. The topological polar surface area (TPSA) is 9.86 Å². The van der Waals surface area contributed by atoms with Crippen molar-refractivity contribution in [3.8, 4) is 11.4 Å². The van der Waals surface area contributed by atoms with Crippen LogP contribution < -0.4 is 0 Å². The van der Waals surface area contributed by atoms with E-state index in [0.29, 0.717) is 5.92 Å². The minimum absolute atomic E-state index is 0.482. The standard InChI is InChI=1S/C45H32N2/c1-28(2)29-19-23-44-40(25-29)37-15-7-9-17-42(37)47(44)31-21-24-45-41(27-31)38-16-8-10-18-43(38)46(45)30-20-22-36-34-13-4-3-11-32(34)33-12-5-6-14-35(33)39(36)26-30/h3-28H,1-2H3. The van der Waals surface area contributed by atoms with Crippen LogP contribution in [0.25, 0.3) is 87.3 Å². The maximum Gasteiger partial charge on any atom is 0.0542 e. The average Bonchev–Trinajstić information content (AvgIpc) is 3.63. The van der Waals surface area contributed by atoms with Gasteiger partial charge in [-0.25, -0.2) is 0 Å². The van der Waals surface area contributed by atoms with E-state index in [2.05, 4.69) is 175 Å². The summed E-state index contributed by atoms with van der Waals surface area (Å²) < 4.78 is 4.88. The van der Waals surface area contributed by atoms with E-state index in [0.717, 1.165) is 0 Å². The van der Waals surface area contributed by atoms with Crippen molar-refractivity contribution >= 4 is 75.9 Å². The first kappa shape index (κ1) is 26.4. The van der Waals surface area contributed by atoms with Gasteiger partial charge in [0.05, 0.1) is 22.1 Å². The van der Waals surface area contributed by atoms with Crippen LogP contribution in [0.5, 0.6) is 0 Å². The van der Waals surface area contributed by atoms with Gasteiger partial charge in [0.2, 0.25) is 0 Å². The van der Waals surface area contributed by atoms with Crippen LogP contribution in [0.3, 0.4) is 0 Å². The Morgan fingerprint density at radius 2 is 0.702 bits per heavy atom. The third kappa shape index (κ3) is 3.73. The maximum atomic E-state index is 2.44. The lowest BCUT2D eigenvalue weighted by Gasteiger charge is -2.14. The molecule has 47 heavy (non-hydrogen) atoms. The molecular formula is C45H32N2. The molecule has 0 aliphatic heterocycles. The average molecular weight is 601 g/mol. The molecule has 0 aliphatic carbocycles. The van der Waals surface area contributed by atoms with E-state index in [1.165, 1.54) is 92.9 Å². The SMILES string of the molecule is CC(C)c1ccc2c(c1)c1ccccc1n2-c1ccc2c(c1)c1ccccc1n2-c1ccc2c3ccccc3c3ccccc3c2c1. The summed E-state index contributed by atoms with van der Waals surface area (Å²) >= 11 is 0. The molecule has 0 radical (unpaired) electrons. The fourth-order valence-corrected chi connectivity index (χ4v) is 8.04. The number of aromatic nitrogens is 2. The van der Waals surface area contributed by atoms with Gasteiger partial charge in [0, 0.05) is 32.9 Å². The minimum Gasteiger partial charge on any atom is -0.309 e. The monoisotopic (exact) mass is 600 g/mol. The second-order valence-corrected chi connectivity index (χ2v) is 13.2. The lowest BCUT2D eigenvalue weighted by atomic mass is 9.94. The van der Waals surface area contributed by atoms with Crippen LogP contribution in [0.15, 0.2) is 152 Å². The van der Waals surface area contributed by atoms with Crippen LogP contribution in [0.1, 0.15) is 25.3 Å². The van der Waals surface area contributed by atoms with Crippen molar-refractivity contribution in [2.24, 2.45) is 0 Å². The van der Waals surface area contributed by atoms with Gasteiger partial charge in [0.15, 0.2) is 0 Å². The van der Waals surface area contributed by atoms with Gasteiger partial charge in [-0.05, 0) is 98.4 Å². The van der Waals surface area contributed by atoms with Crippen LogP contribution in [-0.2, 0) is 0 Å². The van der Waals surface area contributed by atoms with Crippen molar-refractivity contribution < 1.29 is 0 Å². The Balaban J connectivity index is 1.24. The fourth-order valence-electron chi connectivity index (χ4n) is 8.04. The van der Waals surface area contributed by atoms with Gasteiger partial charge in [-0.2, -0.15) is 0 Å². The lowest BCUT2D eigenvalue weighted by molar-refractivity contribution is 0.868. The predicted octanol–water partition coefficient (Wildman–Crippen LogP) is 12.5. The fraction of sp³-hybridized carbons (Fsp3) is 0.0667. The molecule has 0 saturated heterocycles. The molecule has 0 N–H and O–H groups in total. The summed E-state index contributed by atoms with van der Waals surface area (Å²) in [5.41, 5.74) is 8.63. The van der Waals surface area contributed by atoms with Crippen molar-refractivity contribution in [3.05, 3.63) is 157 Å². The van der Waals surface area contributed by atoms with Gasteiger partial charge in [0.25, 0.3) is 0 Å². The largest absolute Gasteiger partial charge is 0.309 e. The number of hydrogen-bond donors (Lipinski definition) is 0. The molecular weight excluding hydrogens is 569 g/mol. The van der Waals surface area contributed by atoms with Crippen LogP contribution in [0.2, 0.25) is 0 Å². The molecule has 2 nitrogen and oxygen atoms in total. The van der Waals surface area contributed by atoms with E-state index in [-0.39, 0.29) is 0 Å². The number of benzene rings is 8. The lowest BCUT2D eigenvalue weighted by Crippen LogP contribution is -1.96. The Hall–Kier alpha value is -5.86. The number of hydrogen-bond acceptors (Lipinski definition) is 0. The van der Waals surface area contributed by atoms with Crippen molar-refractivity contribution in [2.45, 2.75) is 19.8 Å². The summed E-state index contributed by atoms with van der Waals surface area (Å²) in [5, 5.41) is 12.9. The molecule has 10 aromatic rings. The molecule has 0 saturated carbocycles. The highest BCUT2D eigenvalue weighted by Gasteiger charge is 2.18. The molecule has 0 amide bonds. The van der Waals surface area contributed by atoms with E-state index >= 15 is 0 Å². The third-order valence-corrected chi connectivity index (χ3v) is 10.3. The Bertz CT molecular complexity index is 2850. The Kier molecular flexibility index (Phi) is 5.51. The summed E-state index contributed by atoms with van der Waals surface area (Å²) in [5.74, 6) is 0.482. The molecule has 2 heteroatoms. The molecule has 0 unspecified atom stereocenters. The summed E-state index contributed by atoms with van der Waals surface area (Å²) in [6.07, 6.45) is 0. The normalized spacial score (nSPS) is 12.2. The zero-order valence-corrected chi connectivity index (χ0v) is 26.4. The van der Waals surface area contributed by atoms with E-state index in [9.17, 15) is 0 Å². The number of fused-ring (bicyclic) bond motifs is 12.